The number of amides is 1. The predicted octanol–water partition coefficient (Wildman–Crippen LogP) is 4.74. The number of hydrogen-bond acceptors (Lipinski definition) is 4. The molecule has 0 bridgehead atoms. The number of ether oxygens (including phenoxy) is 1. The molecule has 2 heterocycles. The van der Waals surface area contributed by atoms with Crippen LogP contribution in [0.25, 0.3) is 0 Å². The summed E-state index contributed by atoms with van der Waals surface area (Å²) in [5.74, 6) is 0.743. The van der Waals surface area contributed by atoms with Crippen LogP contribution in [0.3, 0.4) is 0 Å². The van der Waals surface area contributed by atoms with Crippen LogP contribution >= 0.6 is 22.9 Å². The van der Waals surface area contributed by atoms with E-state index >= 15 is 0 Å². The van der Waals surface area contributed by atoms with E-state index in [1.165, 1.54) is 11.3 Å². The minimum atomic E-state index is -0.127. The molecule has 2 aromatic heterocycles. The van der Waals surface area contributed by atoms with E-state index in [0.29, 0.717) is 29.6 Å². The standard InChI is InChI=1S/C20H22ClN3O2S/c1-4-24-17(16(21)9-23-24)10-22-20(25)19-8-15(12-27-19)11-26-18-7-13(2)5-6-14(18)3/h5-9,12H,4,10-11H2,1-3H3,(H,22,25). The summed E-state index contributed by atoms with van der Waals surface area (Å²) in [6.45, 7) is 7.52. The molecule has 1 N–H and O–H groups in total. The van der Waals surface area contributed by atoms with Crippen molar-refractivity contribution in [1.82, 2.24) is 15.1 Å². The molecule has 0 atom stereocenters. The van der Waals surface area contributed by atoms with Crippen LogP contribution in [0.15, 0.2) is 35.8 Å². The van der Waals surface area contributed by atoms with Gasteiger partial charge in [-0.2, -0.15) is 5.10 Å². The summed E-state index contributed by atoms with van der Waals surface area (Å²) in [6.07, 6.45) is 1.60. The van der Waals surface area contributed by atoms with Crippen molar-refractivity contribution in [2.75, 3.05) is 0 Å². The monoisotopic (exact) mass is 403 g/mol. The maximum atomic E-state index is 12.4. The second kappa shape index (κ2) is 8.59. The van der Waals surface area contributed by atoms with Crippen LogP contribution in [0.4, 0.5) is 0 Å². The smallest absolute Gasteiger partial charge is 0.261 e. The van der Waals surface area contributed by atoms with Crippen molar-refractivity contribution in [2.24, 2.45) is 0 Å². The number of thiophene rings is 1. The molecule has 0 saturated heterocycles. The van der Waals surface area contributed by atoms with E-state index in [9.17, 15) is 4.79 Å². The number of rotatable bonds is 7. The van der Waals surface area contributed by atoms with Gasteiger partial charge < -0.3 is 10.1 Å². The molecule has 0 fully saturated rings. The van der Waals surface area contributed by atoms with Crippen LogP contribution in [0, 0.1) is 13.8 Å². The van der Waals surface area contributed by atoms with Crippen molar-refractivity contribution in [2.45, 2.75) is 40.5 Å². The molecular formula is C20H22ClN3O2S. The Morgan fingerprint density at radius 3 is 2.93 bits per heavy atom. The topological polar surface area (TPSA) is 56.2 Å². The summed E-state index contributed by atoms with van der Waals surface area (Å²) in [5, 5.41) is 9.59. The van der Waals surface area contributed by atoms with Crippen molar-refractivity contribution in [1.29, 1.82) is 0 Å². The van der Waals surface area contributed by atoms with E-state index in [0.717, 1.165) is 28.1 Å². The number of benzene rings is 1. The highest BCUT2D eigenvalue weighted by Gasteiger charge is 2.13. The molecule has 0 spiro atoms. The van der Waals surface area contributed by atoms with Crippen molar-refractivity contribution >= 4 is 28.8 Å². The Kier molecular flexibility index (Phi) is 6.19. The lowest BCUT2D eigenvalue weighted by molar-refractivity contribution is 0.0954. The first-order valence-corrected chi connectivity index (χ1v) is 9.99. The van der Waals surface area contributed by atoms with Gasteiger partial charge in [-0.05, 0) is 49.4 Å². The largest absolute Gasteiger partial charge is 0.489 e. The summed E-state index contributed by atoms with van der Waals surface area (Å²) in [4.78, 5) is 13.1. The summed E-state index contributed by atoms with van der Waals surface area (Å²) < 4.78 is 7.69. The van der Waals surface area contributed by atoms with E-state index in [-0.39, 0.29) is 5.91 Å². The van der Waals surface area contributed by atoms with E-state index in [1.807, 2.05) is 44.4 Å². The number of halogens is 1. The third-order valence-corrected chi connectivity index (χ3v) is 5.52. The Hall–Kier alpha value is -2.31. The SMILES string of the molecule is CCn1ncc(Cl)c1CNC(=O)c1cc(COc2cc(C)ccc2C)cs1. The van der Waals surface area contributed by atoms with Gasteiger partial charge in [0.1, 0.15) is 12.4 Å². The molecule has 0 unspecified atom stereocenters. The number of aryl methyl sites for hydroxylation is 3. The van der Waals surface area contributed by atoms with Gasteiger partial charge in [0, 0.05) is 12.1 Å². The minimum Gasteiger partial charge on any atom is -0.489 e. The molecule has 5 nitrogen and oxygen atoms in total. The lowest BCUT2D eigenvalue weighted by Gasteiger charge is -2.09. The van der Waals surface area contributed by atoms with E-state index < -0.39 is 0 Å². The highest BCUT2D eigenvalue weighted by molar-refractivity contribution is 7.12. The second-order valence-corrected chi connectivity index (χ2v) is 7.63. The highest BCUT2D eigenvalue weighted by atomic mass is 35.5. The third kappa shape index (κ3) is 4.70. The molecule has 1 aromatic carbocycles. The first-order valence-electron chi connectivity index (χ1n) is 8.73. The number of carbonyl (C=O) groups is 1. The predicted molar refractivity (Wildman–Crippen MR) is 109 cm³/mol. The molecule has 142 valence electrons. The fourth-order valence-electron chi connectivity index (χ4n) is 2.68. The normalized spacial score (nSPS) is 10.8. The van der Waals surface area contributed by atoms with E-state index in [4.69, 9.17) is 16.3 Å². The third-order valence-electron chi connectivity index (χ3n) is 4.23. The van der Waals surface area contributed by atoms with Crippen LogP contribution in [-0.2, 0) is 19.7 Å². The van der Waals surface area contributed by atoms with Crippen LogP contribution < -0.4 is 10.1 Å². The average Bonchev–Trinajstić information content (AvgIpc) is 3.27. The molecular weight excluding hydrogens is 382 g/mol. The first kappa shape index (κ1) is 19.5. The van der Waals surface area contributed by atoms with E-state index in [1.54, 1.807) is 10.9 Å². The molecule has 0 aliphatic rings. The zero-order valence-corrected chi connectivity index (χ0v) is 17.2. The number of aromatic nitrogens is 2. The van der Waals surface area contributed by atoms with Crippen molar-refractivity contribution < 1.29 is 9.53 Å². The molecule has 3 rings (SSSR count). The Bertz CT molecular complexity index is 949. The van der Waals surface area contributed by atoms with Gasteiger partial charge in [-0.25, -0.2) is 0 Å². The second-order valence-electron chi connectivity index (χ2n) is 6.31. The van der Waals surface area contributed by atoms with Crippen LogP contribution in [-0.4, -0.2) is 15.7 Å². The van der Waals surface area contributed by atoms with Gasteiger partial charge in [0.05, 0.1) is 28.3 Å². The molecule has 0 aliphatic carbocycles. The molecule has 3 aromatic rings. The van der Waals surface area contributed by atoms with Gasteiger partial charge in [-0.3, -0.25) is 9.48 Å². The molecule has 27 heavy (non-hydrogen) atoms. The fourth-order valence-corrected chi connectivity index (χ4v) is 3.70. The Balaban J connectivity index is 1.59. The number of hydrogen-bond donors (Lipinski definition) is 1. The molecule has 1 amide bonds. The van der Waals surface area contributed by atoms with Crippen molar-refractivity contribution in [3.63, 3.8) is 0 Å². The summed E-state index contributed by atoms with van der Waals surface area (Å²) in [6, 6.07) is 8.00. The number of nitrogens with zero attached hydrogens (tertiary/aromatic N) is 2. The Morgan fingerprint density at radius 2 is 2.15 bits per heavy atom. The molecule has 0 aliphatic heterocycles. The number of carbonyl (C=O) groups excluding carboxylic acids is 1. The lowest BCUT2D eigenvalue weighted by atomic mass is 10.1. The number of nitrogens with one attached hydrogen (secondary N) is 1. The minimum absolute atomic E-state index is 0.127. The zero-order valence-electron chi connectivity index (χ0n) is 15.6. The summed E-state index contributed by atoms with van der Waals surface area (Å²) >= 11 is 7.54. The van der Waals surface area contributed by atoms with Crippen molar-refractivity contribution in [3.8, 4) is 5.75 Å². The van der Waals surface area contributed by atoms with Gasteiger partial charge in [0.2, 0.25) is 0 Å². The summed E-state index contributed by atoms with van der Waals surface area (Å²) in [5.41, 5.74) is 4.04. The van der Waals surface area contributed by atoms with Crippen molar-refractivity contribution in [3.05, 3.63) is 68.1 Å². The Morgan fingerprint density at radius 1 is 1.33 bits per heavy atom. The Labute approximate surface area is 167 Å². The van der Waals surface area contributed by atoms with Gasteiger partial charge in [-0.1, -0.05) is 23.7 Å². The lowest BCUT2D eigenvalue weighted by Crippen LogP contribution is -2.23. The van der Waals surface area contributed by atoms with Gasteiger partial charge in [-0.15, -0.1) is 11.3 Å². The van der Waals surface area contributed by atoms with E-state index in [2.05, 4.69) is 16.5 Å². The van der Waals surface area contributed by atoms with Gasteiger partial charge >= 0.3 is 0 Å². The molecule has 7 heteroatoms. The maximum absolute atomic E-state index is 12.4. The van der Waals surface area contributed by atoms with Crippen LogP contribution in [0.5, 0.6) is 5.75 Å². The molecule has 0 saturated carbocycles. The van der Waals surface area contributed by atoms with Crippen LogP contribution in [0.2, 0.25) is 5.02 Å². The van der Waals surface area contributed by atoms with Crippen LogP contribution in [0.1, 0.15) is 39.0 Å². The summed E-state index contributed by atoms with van der Waals surface area (Å²) in [7, 11) is 0. The average molecular weight is 404 g/mol. The fraction of sp³-hybridized carbons (Fsp3) is 0.300. The van der Waals surface area contributed by atoms with Gasteiger partial charge in [0.15, 0.2) is 0 Å². The zero-order chi connectivity index (χ0) is 19.4. The van der Waals surface area contributed by atoms with Gasteiger partial charge in [0.25, 0.3) is 5.91 Å². The maximum Gasteiger partial charge on any atom is 0.261 e. The molecule has 0 radical (unpaired) electrons. The highest BCUT2D eigenvalue weighted by Crippen LogP contribution is 2.22. The first-order chi connectivity index (χ1) is 13.0. The quantitative estimate of drug-likeness (QED) is 0.619.